The van der Waals surface area contributed by atoms with E-state index < -0.39 is 6.17 Å². The van der Waals surface area contributed by atoms with Crippen LogP contribution in [0.15, 0.2) is 83.9 Å². The second-order valence-corrected chi connectivity index (χ2v) is 7.40. The molecule has 2 amide bonds. The number of amides is 2. The van der Waals surface area contributed by atoms with Crippen LogP contribution in [-0.2, 0) is 4.79 Å². The molecular formula is C22H16IN3O2. The van der Waals surface area contributed by atoms with Crippen molar-refractivity contribution in [1.29, 1.82) is 0 Å². The number of fused-ring (bicyclic) bond motifs is 1. The first kappa shape index (κ1) is 18.4. The van der Waals surface area contributed by atoms with E-state index in [0.29, 0.717) is 17.0 Å². The first-order valence-electron chi connectivity index (χ1n) is 8.72. The molecule has 0 saturated heterocycles. The maximum atomic E-state index is 12.8. The fourth-order valence-corrected chi connectivity index (χ4v) is 3.66. The lowest BCUT2D eigenvalue weighted by Crippen LogP contribution is -2.42. The Labute approximate surface area is 176 Å². The van der Waals surface area contributed by atoms with E-state index in [1.54, 1.807) is 12.1 Å². The summed E-state index contributed by atoms with van der Waals surface area (Å²) in [7, 11) is 0. The highest BCUT2D eigenvalue weighted by Gasteiger charge is 2.27. The number of aliphatic imine (C=N–C) groups is 1. The number of halogens is 1. The van der Waals surface area contributed by atoms with Crippen molar-refractivity contribution < 1.29 is 9.59 Å². The van der Waals surface area contributed by atoms with Gasteiger partial charge in [0.25, 0.3) is 11.8 Å². The lowest BCUT2D eigenvalue weighted by Gasteiger charge is -2.14. The van der Waals surface area contributed by atoms with Crippen molar-refractivity contribution in [3.05, 3.63) is 99.1 Å². The number of carbonyl (C=O) groups excluding carboxylic acids is 2. The van der Waals surface area contributed by atoms with E-state index in [2.05, 4.69) is 38.2 Å². The number of hydrogen-bond donors (Lipinski definition) is 2. The topological polar surface area (TPSA) is 70.6 Å². The van der Waals surface area contributed by atoms with Crippen LogP contribution < -0.4 is 10.6 Å². The third-order valence-electron chi connectivity index (χ3n) is 4.38. The SMILES string of the molecule is O=C(NC1N=C(c2ccccc2)c2ccccc2NC1=O)c1ccccc1I. The van der Waals surface area contributed by atoms with Gasteiger partial charge in [0.05, 0.1) is 17.0 Å². The van der Waals surface area contributed by atoms with E-state index in [9.17, 15) is 9.59 Å². The summed E-state index contributed by atoms with van der Waals surface area (Å²) in [5.41, 5.74) is 3.52. The highest BCUT2D eigenvalue weighted by atomic mass is 127. The number of hydrogen-bond acceptors (Lipinski definition) is 3. The van der Waals surface area contributed by atoms with Gasteiger partial charge in [-0.05, 0) is 40.8 Å². The Morgan fingerprint density at radius 1 is 0.929 bits per heavy atom. The second-order valence-electron chi connectivity index (χ2n) is 6.23. The first-order valence-corrected chi connectivity index (χ1v) is 9.80. The number of anilines is 1. The van der Waals surface area contributed by atoms with E-state index in [1.807, 2.05) is 66.7 Å². The largest absolute Gasteiger partial charge is 0.322 e. The van der Waals surface area contributed by atoms with Crippen LogP contribution in [0.25, 0.3) is 0 Å². The molecular weight excluding hydrogens is 465 g/mol. The van der Waals surface area contributed by atoms with Gasteiger partial charge in [-0.2, -0.15) is 0 Å². The maximum absolute atomic E-state index is 12.8. The molecule has 0 spiro atoms. The van der Waals surface area contributed by atoms with Crippen LogP contribution in [0.3, 0.4) is 0 Å². The van der Waals surface area contributed by atoms with Gasteiger partial charge in [0.15, 0.2) is 0 Å². The van der Waals surface area contributed by atoms with Crippen molar-refractivity contribution in [3.8, 4) is 0 Å². The summed E-state index contributed by atoms with van der Waals surface area (Å²) >= 11 is 2.10. The molecule has 6 heteroatoms. The van der Waals surface area contributed by atoms with Crippen LogP contribution in [0.4, 0.5) is 5.69 Å². The molecule has 1 aliphatic rings. The molecule has 0 bridgehead atoms. The molecule has 138 valence electrons. The fraction of sp³-hybridized carbons (Fsp3) is 0.0455. The predicted molar refractivity (Wildman–Crippen MR) is 118 cm³/mol. The van der Waals surface area contributed by atoms with Crippen LogP contribution in [0.2, 0.25) is 0 Å². The van der Waals surface area contributed by atoms with Crippen molar-refractivity contribution in [2.24, 2.45) is 4.99 Å². The van der Waals surface area contributed by atoms with Crippen molar-refractivity contribution in [1.82, 2.24) is 5.32 Å². The van der Waals surface area contributed by atoms with Gasteiger partial charge in [0.1, 0.15) is 0 Å². The molecule has 0 fully saturated rings. The number of rotatable bonds is 3. The van der Waals surface area contributed by atoms with E-state index in [-0.39, 0.29) is 11.8 Å². The Kier molecular flexibility index (Phi) is 5.21. The molecule has 3 aromatic rings. The Morgan fingerprint density at radius 3 is 2.39 bits per heavy atom. The molecule has 4 rings (SSSR count). The minimum atomic E-state index is -1.04. The normalized spacial score (nSPS) is 15.7. The zero-order valence-electron chi connectivity index (χ0n) is 14.7. The zero-order chi connectivity index (χ0) is 19.5. The van der Waals surface area contributed by atoms with Crippen molar-refractivity contribution in [2.75, 3.05) is 5.32 Å². The average Bonchev–Trinajstić information content (AvgIpc) is 2.85. The number of carbonyl (C=O) groups is 2. The van der Waals surface area contributed by atoms with Gasteiger partial charge >= 0.3 is 0 Å². The Balaban J connectivity index is 1.75. The smallest absolute Gasteiger partial charge is 0.269 e. The summed E-state index contributed by atoms with van der Waals surface area (Å²) in [6.07, 6.45) is -1.04. The minimum Gasteiger partial charge on any atom is -0.322 e. The van der Waals surface area contributed by atoms with E-state index in [0.717, 1.165) is 14.7 Å². The molecule has 1 unspecified atom stereocenters. The Bertz CT molecular complexity index is 1080. The van der Waals surface area contributed by atoms with Crippen LogP contribution in [0, 0.1) is 3.57 Å². The van der Waals surface area contributed by atoms with Crippen LogP contribution in [-0.4, -0.2) is 23.7 Å². The molecule has 0 radical (unpaired) electrons. The zero-order valence-corrected chi connectivity index (χ0v) is 16.9. The number of nitrogens with zero attached hydrogens (tertiary/aromatic N) is 1. The maximum Gasteiger partial charge on any atom is 0.269 e. The monoisotopic (exact) mass is 481 g/mol. The summed E-state index contributed by atoms with van der Waals surface area (Å²) in [5, 5.41) is 5.63. The summed E-state index contributed by atoms with van der Waals surface area (Å²) in [6.45, 7) is 0. The van der Waals surface area contributed by atoms with Crippen LogP contribution >= 0.6 is 22.6 Å². The Hall–Kier alpha value is -3.00. The lowest BCUT2D eigenvalue weighted by molar-refractivity contribution is -0.117. The molecule has 2 N–H and O–H groups in total. The summed E-state index contributed by atoms with van der Waals surface area (Å²) in [5.74, 6) is -0.718. The van der Waals surface area contributed by atoms with Crippen LogP contribution in [0.1, 0.15) is 21.5 Å². The Morgan fingerprint density at radius 2 is 1.61 bits per heavy atom. The number of para-hydroxylation sites is 1. The van der Waals surface area contributed by atoms with Gasteiger partial charge in [-0.1, -0.05) is 60.7 Å². The standard InChI is InChI=1S/C22H16IN3O2/c23-17-12-6-4-10-15(17)21(27)26-20-22(28)24-18-13-7-5-11-16(18)19(25-20)14-8-2-1-3-9-14/h1-13,20H,(H,24,28)(H,26,27). The fourth-order valence-electron chi connectivity index (χ4n) is 3.03. The second kappa shape index (κ2) is 7.93. The van der Waals surface area contributed by atoms with Gasteiger partial charge in [-0.3, -0.25) is 9.59 Å². The van der Waals surface area contributed by atoms with E-state index >= 15 is 0 Å². The van der Waals surface area contributed by atoms with Gasteiger partial charge in [-0.15, -0.1) is 0 Å². The average molecular weight is 481 g/mol. The molecule has 0 aliphatic carbocycles. The van der Waals surface area contributed by atoms with Crippen molar-refractivity contribution >= 4 is 45.8 Å². The van der Waals surface area contributed by atoms with E-state index in [1.165, 1.54) is 0 Å². The minimum absolute atomic E-state index is 0.340. The molecule has 0 aromatic heterocycles. The number of benzene rings is 3. The molecule has 0 saturated carbocycles. The highest BCUT2D eigenvalue weighted by Crippen LogP contribution is 2.24. The highest BCUT2D eigenvalue weighted by molar-refractivity contribution is 14.1. The molecule has 1 heterocycles. The van der Waals surface area contributed by atoms with Gasteiger partial charge < -0.3 is 10.6 Å². The van der Waals surface area contributed by atoms with Crippen molar-refractivity contribution in [2.45, 2.75) is 6.17 Å². The lowest BCUT2D eigenvalue weighted by atomic mass is 10.0. The summed E-state index contributed by atoms with van der Waals surface area (Å²) in [4.78, 5) is 30.1. The predicted octanol–water partition coefficient (Wildman–Crippen LogP) is 3.84. The molecule has 3 aromatic carbocycles. The third kappa shape index (κ3) is 3.68. The quantitative estimate of drug-likeness (QED) is 0.559. The molecule has 28 heavy (non-hydrogen) atoms. The summed E-state index contributed by atoms with van der Waals surface area (Å²) in [6, 6.07) is 24.3. The third-order valence-corrected chi connectivity index (χ3v) is 5.32. The number of nitrogens with one attached hydrogen (secondary N) is 2. The summed E-state index contributed by atoms with van der Waals surface area (Å²) < 4.78 is 0.808. The molecule has 5 nitrogen and oxygen atoms in total. The van der Waals surface area contributed by atoms with Crippen molar-refractivity contribution in [3.63, 3.8) is 0 Å². The molecule has 1 atom stereocenters. The van der Waals surface area contributed by atoms with E-state index in [4.69, 9.17) is 0 Å². The van der Waals surface area contributed by atoms with Crippen LogP contribution in [0.5, 0.6) is 0 Å². The van der Waals surface area contributed by atoms with Gasteiger partial charge in [0, 0.05) is 14.7 Å². The number of benzodiazepines with no additional fused rings is 1. The molecule has 1 aliphatic heterocycles. The first-order chi connectivity index (χ1) is 13.6. The van der Waals surface area contributed by atoms with Gasteiger partial charge in [0.2, 0.25) is 6.17 Å². The van der Waals surface area contributed by atoms with Gasteiger partial charge in [-0.25, -0.2) is 4.99 Å².